The summed E-state index contributed by atoms with van der Waals surface area (Å²) in [7, 11) is -2.20. The Morgan fingerprint density at radius 3 is 2.40 bits per heavy atom. The van der Waals surface area contributed by atoms with Crippen LogP contribution >= 0.6 is 11.6 Å². The number of hydrogen-bond acceptors (Lipinski definition) is 3. The Bertz CT molecular complexity index is 717. The maximum Gasteiger partial charge on any atom is 0.301 e. The van der Waals surface area contributed by atoms with Gasteiger partial charge >= 0.3 is 10.0 Å². The van der Waals surface area contributed by atoms with Crippen molar-refractivity contribution < 1.29 is 8.42 Å². The van der Waals surface area contributed by atoms with Gasteiger partial charge in [-0.05, 0) is 34.9 Å². The zero-order valence-corrected chi connectivity index (χ0v) is 12.2. The highest BCUT2D eigenvalue weighted by molar-refractivity contribution is 7.90. The van der Waals surface area contributed by atoms with Crippen LogP contribution in [0.4, 0.5) is 5.69 Å². The molecular formula is C13H12ClN3O2S. The minimum atomic E-state index is -3.79. The molecule has 0 aliphatic rings. The summed E-state index contributed by atoms with van der Waals surface area (Å²) in [5, 5.41) is 5.57. The second-order valence-corrected chi connectivity index (χ2v) is 5.98. The SMILES string of the molecule is CN(N=NS(=O)(=O)c1ccccc1)c1cccc(Cl)c1. The molecular weight excluding hydrogens is 298 g/mol. The first-order valence-electron chi connectivity index (χ1n) is 5.71. The van der Waals surface area contributed by atoms with Crippen LogP contribution < -0.4 is 5.01 Å². The summed E-state index contributed by atoms with van der Waals surface area (Å²) in [6, 6.07) is 14.8. The second kappa shape index (κ2) is 6.02. The van der Waals surface area contributed by atoms with Crippen molar-refractivity contribution in [2.24, 2.45) is 9.74 Å². The molecule has 5 nitrogen and oxygen atoms in total. The monoisotopic (exact) mass is 309 g/mol. The van der Waals surface area contributed by atoms with E-state index in [0.29, 0.717) is 10.7 Å². The molecule has 0 saturated heterocycles. The van der Waals surface area contributed by atoms with Gasteiger partial charge in [0.1, 0.15) is 0 Å². The number of sulfonamides is 1. The van der Waals surface area contributed by atoms with Crippen LogP contribution in [0.5, 0.6) is 0 Å². The number of hydrogen-bond donors (Lipinski definition) is 0. The zero-order valence-electron chi connectivity index (χ0n) is 10.6. The van der Waals surface area contributed by atoms with E-state index >= 15 is 0 Å². The molecule has 0 bridgehead atoms. The molecule has 104 valence electrons. The van der Waals surface area contributed by atoms with E-state index in [9.17, 15) is 8.42 Å². The molecule has 0 amide bonds. The predicted molar refractivity (Wildman–Crippen MR) is 78.3 cm³/mol. The molecule has 0 fully saturated rings. The van der Waals surface area contributed by atoms with E-state index in [1.54, 1.807) is 49.5 Å². The number of halogens is 1. The molecule has 0 unspecified atom stereocenters. The molecule has 0 spiro atoms. The third kappa shape index (κ3) is 3.55. The Kier molecular flexibility index (Phi) is 4.36. The van der Waals surface area contributed by atoms with Crippen molar-refractivity contribution in [3.8, 4) is 0 Å². The fraction of sp³-hybridized carbons (Fsp3) is 0.0769. The molecule has 2 aromatic carbocycles. The number of benzene rings is 2. The van der Waals surface area contributed by atoms with Crippen LogP contribution in [0.1, 0.15) is 0 Å². The topological polar surface area (TPSA) is 62.1 Å². The van der Waals surface area contributed by atoms with E-state index in [1.807, 2.05) is 0 Å². The van der Waals surface area contributed by atoms with Gasteiger partial charge in [-0.1, -0.05) is 41.1 Å². The van der Waals surface area contributed by atoms with Crippen molar-refractivity contribution in [3.63, 3.8) is 0 Å². The van der Waals surface area contributed by atoms with Gasteiger partial charge in [-0.25, -0.2) is 5.01 Å². The Balaban J connectivity index is 2.21. The maximum atomic E-state index is 11.9. The van der Waals surface area contributed by atoms with Gasteiger partial charge in [0.25, 0.3) is 0 Å². The van der Waals surface area contributed by atoms with E-state index < -0.39 is 10.0 Å². The molecule has 0 atom stereocenters. The molecule has 0 N–H and O–H groups in total. The van der Waals surface area contributed by atoms with Crippen molar-refractivity contribution in [1.29, 1.82) is 0 Å². The molecule has 0 aliphatic carbocycles. The highest BCUT2D eigenvalue weighted by Gasteiger charge is 2.12. The molecule has 2 aromatic rings. The first-order valence-corrected chi connectivity index (χ1v) is 7.53. The Morgan fingerprint density at radius 2 is 1.75 bits per heavy atom. The van der Waals surface area contributed by atoms with Gasteiger partial charge in [-0.3, -0.25) is 0 Å². The van der Waals surface area contributed by atoms with E-state index in [0.717, 1.165) is 0 Å². The third-order valence-electron chi connectivity index (χ3n) is 2.50. The molecule has 0 heterocycles. The first-order chi connectivity index (χ1) is 9.49. The van der Waals surface area contributed by atoms with Crippen LogP contribution in [-0.4, -0.2) is 15.5 Å². The number of rotatable bonds is 4. The highest BCUT2D eigenvalue weighted by Crippen LogP contribution is 2.19. The largest absolute Gasteiger partial charge is 0.301 e. The third-order valence-corrected chi connectivity index (χ3v) is 3.89. The van der Waals surface area contributed by atoms with Crippen LogP contribution in [0.25, 0.3) is 0 Å². The summed E-state index contributed by atoms with van der Waals surface area (Å²) in [5.74, 6) is 0. The molecule has 7 heteroatoms. The van der Waals surface area contributed by atoms with E-state index in [1.165, 1.54) is 17.1 Å². The second-order valence-electron chi connectivity index (χ2n) is 3.96. The van der Waals surface area contributed by atoms with Crippen LogP contribution in [0.3, 0.4) is 0 Å². The summed E-state index contributed by atoms with van der Waals surface area (Å²) in [6.07, 6.45) is 0. The van der Waals surface area contributed by atoms with Gasteiger partial charge in [0.05, 0.1) is 10.6 Å². The lowest BCUT2D eigenvalue weighted by molar-refractivity contribution is 0.594. The van der Waals surface area contributed by atoms with Crippen LogP contribution in [0.2, 0.25) is 5.02 Å². The quantitative estimate of drug-likeness (QED) is 0.641. The smallest absolute Gasteiger partial charge is 0.249 e. The summed E-state index contributed by atoms with van der Waals surface area (Å²) in [4.78, 5) is 0.100. The van der Waals surface area contributed by atoms with E-state index in [-0.39, 0.29) is 4.90 Å². The lowest BCUT2D eigenvalue weighted by atomic mass is 10.3. The maximum absolute atomic E-state index is 11.9. The normalized spacial score (nSPS) is 11.7. The van der Waals surface area contributed by atoms with Gasteiger partial charge in [-0.2, -0.15) is 8.42 Å². The molecule has 20 heavy (non-hydrogen) atoms. The van der Waals surface area contributed by atoms with Crippen molar-refractivity contribution in [2.45, 2.75) is 4.90 Å². The number of anilines is 1. The first kappa shape index (κ1) is 14.5. The Labute approximate surface area is 122 Å². The summed E-state index contributed by atoms with van der Waals surface area (Å²) in [6.45, 7) is 0. The lowest BCUT2D eigenvalue weighted by Gasteiger charge is -2.10. The molecule has 0 radical (unpaired) electrons. The predicted octanol–water partition coefficient (Wildman–Crippen LogP) is 3.53. The van der Waals surface area contributed by atoms with Crippen molar-refractivity contribution in [1.82, 2.24) is 0 Å². The average Bonchev–Trinajstić information content (AvgIpc) is 2.46. The molecule has 2 rings (SSSR count). The highest BCUT2D eigenvalue weighted by atomic mass is 35.5. The number of nitrogens with zero attached hydrogens (tertiary/aromatic N) is 3. The minimum absolute atomic E-state index is 0.100. The van der Waals surface area contributed by atoms with Crippen LogP contribution in [0.15, 0.2) is 69.2 Å². The van der Waals surface area contributed by atoms with E-state index in [2.05, 4.69) is 9.74 Å². The summed E-state index contributed by atoms with van der Waals surface area (Å²) >= 11 is 5.86. The Morgan fingerprint density at radius 1 is 1.05 bits per heavy atom. The summed E-state index contributed by atoms with van der Waals surface area (Å²) in [5.41, 5.74) is 0.643. The van der Waals surface area contributed by atoms with Gasteiger partial charge < -0.3 is 0 Å². The van der Waals surface area contributed by atoms with E-state index in [4.69, 9.17) is 11.6 Å². The van der Waals surface area contributed by atoms with Crippen molar-refractivity contribution >= 4 is 27.3 Å². The minimum Gasteiger partial charge on any atom is -0.249 e. The Hall–Kier alpha value is -1.92. The summed E-state index contributed by atoms with van der Waals surface area (Å²) < 4.78 is 27.3. The molecule has 0 aliphatic heterocycles. The fourth-order valence-electron chi connectivity index (χ4n) is 1.47. The molecule has 0 saturated carbocycles. The van der Waals surface area contributed by atoms with Crippen LogP contribution in [-0.2, 0) is 10.0 Å². The van der Waals surface area contributed by atoms with Crippen molar-refractivity contribution in [3.05, 3.63) is 59.6 Å². The average molecular weight is 310 g/mol. The lowest BCUT2D eigenvalue weighted by Crippen LogP contribution is -2.08. The van der Waals surface area contributed by atoms with Gasteiger partial charge in [-0.15, -0.1) is 0 Å². The fourth-order valence-corrected chi connectivity index (χ4v) is 2.46. The van der Waals surface area contributed by atoms with Gasteiger partial charge in [0, 0.05) is 12.1 Å². The van der Waals surface area contributed by atoms with Crippen LogP contribution in [0, 0.1) is 0 Å². The zero-order chi connectivity index (χ0) is 14.6. The molecule has 0 aromatic heterocycles. The standard InChI is InChI=1S/C13H12ClN3O2S/c1-17(12-7-5-6-11(14)10-12)15-16-20(18,19)13-8-3-2-4-9-13/h2-10H,1H3. The van der Waals surface area contributed by atoms with Gasteiger partial charge in [0.2, 0.25) is 0 Å². The van der Waals surface area contributed by atoms with Crippen molar-refractivity contribution in [2.75, 3.05) is 12.1 Å². The van der Waals surface area contributed by atoms with Gasteiger partial charge in [0.15, 0.2) is 0 Å².